The summed E-state index contributed by atoms with van der Waals surface area (Å²) in [6, 6.07) is 5.19. The molecular formula is C14H16N2O5. The highest BCUT2D eigenvalue weighted by atomic mass is 16.5. The second kappa shape index (κ2) is 6.25. The number of carboxylic acid groups (broad SMARTS) is 1. The Morgan fingerprint density at radius 2 is 1.90 bits per heavy atom. The van der Waals surface area contributed by atoms with Gasteiger partial charge < -0.3 is 20.9 Å². The molecule has 1 aliphatic rings. The van der Waals surface area contributed by atoms with Crippen LogP contribution in [0.5, 0.6) is 5.75 Å². The summed E-state index contributed by atoms with van der Waals surface area (Å²) in [5.41, 5.74) is 5.28. The average molecular weight is 292 g/mol. The number of aliphatic carboxylic acids is 1. The number of carbonyl (C=O) groups is 3. The lowest BCUT2D eigenvalue weighted by atomic mass is 10.1. The molecule has 1 aromatic carbocycles. The molecule has 1 aliphatic carbocycles. The quantitative estimate of drug-likeness (QED) is 0.660. The van der Waals surface area contributed by atoms with E-state index in [1.807, 2.05) is 0 Å². The van der Waals surface area contributed by atoms with Gasteiger partial charge in [0.1, 0.15) is 11.8 Å². The van der Waals surface area contributed by atoms with E-state index >= 15 is 0 Å². The number of hydrogen-bond acceptors (Lipinski definition) is 4. The van der Waals surface area contributed by atoms with E-state index < -0.39 is 23.8 Å². The maximum atomic E-state index is 12.0. The molecule has 4 N–H and O–H groups in total. The van der Waals surface area contributed by atoms with E-state index in [2.05, 4.69) is 5.32 Å². The van der Waals surface area contributed by atoms with Gasteiger partial charge in [-0.25, -0.2) is 4.79 Å². The first kappa shape index (κ1) is 14.8. The van der Waals surface area contributed by atoms with Crippen LogP contribution in [0.15, 0.2) is 24.3 Å². The molecule has 0 aliphatic heterocycles. The maximum Gasteiger partial charge on any atom is 0.326 e. The Kier molecular flexibility index (Phi) is 4.42. The number of nitrogens with two attached hydrogens (primary N) is 1. The Labute approximate surface area is 121 Å². The van der Waals surface area contributed by atoms with Crippen molar-refractivity contribution >= 4 is 17.8 Å². The van der Waals surface area contributed by atoms with Gasteiger partial charge in [-0.05, 0) is 43.0 Å². The third-order valence-corrected chi connectivity index (χ3v) is 3.14. The van der Waals surface area contributed by atoms with E-state index in [0.29, 0.717) is 11.3 Å². The van der Waals surface area contributed by atoms with E-state index in [-0.39, 0.29) is 12.5 Å². The van der Waals surface area contributed by atoms with Crippen molar-refractivity contribution in [3.8, 4) is 5.75 Å². The normalized spacial score (nSPS) is 15.0. The molecule has 0 spiro atoms. The van der Waals surface area contributed by atoms with Crippen LogP contribution in [0.2, 0.25) is 0 Å². The summed E-state index contributed by atoms with van der Waals surface area (Å²) >= 11 is 0. The Morgan fingerprint density at radius 1 is 1.29 bits per heavy atom. The Morgan fingerprint density at radius 3 is 2.38 bits per heavy atom. The molecule has 0 bridgehead atoms. The van der Waals surface area contributed by atoms with Crippen molar-refractivity contribution in [1.29, 1.82) is 0 Å². The van der Waals surface area contributed by atoms with Crippen molar-refractivity contribution in [3.05, 3.63) is 29.8 Å². The van der Waals surface area contributed by atoms with Crippen LogP contribution in [-0.2, 0) is 9.59 Å². The summed E-state index contributed by atoms with van der Waals surface area (Å²) in [7, 11) is 0. The molecule has 0 aromatic heterocycles. The number of carboxylic acids is 1. The largest absolute Gasteiger partial charge is 0.484 e. The summed E-state index contributed by atoms with van der Waals surface area (Å²) in [4.78, 5) is 33.6. The summed E-state index contributed by atoms with van der Waals surface area (Å²) in [5.74, 6) is -1.64. The molecule has 7 nitrogen and oxygen atoms in total. The molecule has 0 saturated heterocycles. The standard InChI is InChI=1S/C14H16N2O5/c15-11(17)7-21-10-5-3-9(4-6-10)13(18)16-12(14(19)20)8-1-2-8/h3-6,8,12H,1-2,7H2,(H2,15,17)(H,16,18)(H,19,20). The van der Waals surface area contributed by atoms with Gasteiger partial charge in [-0.3, -0.25) is 9.59 Å². The van der Waals surface area contributed by atoms with Gasteiger partial charge in [-0.2, -0.15) is 0 Å². The number of rotatable bonds is 7. The summed E-state index contributed by atoms with van der Waals surface area (Å²) in [6.07, 6.45) is 1.63. The van der Waals surface area contributed by atoms with Crippen LogP contribution in [0, 0.1) is 5.92 Å². The van der Waals surface area contributed by atoms with Crippen molar-refractivity contribution in [2.24, 2.45) is 11.7 Å². The van der Waals surface area contributed by atoms with Crippen LogP contribution in [0.1, 0.15) is 23.2 Å². The highest BCUT2D eigenvalue weighted by Gasteiger charge is 2.37. The van der Waals surface area contributed by atoms with Crippen molar-refractivity contribution in [1.82, 2.24) is 5.32 Å². The highest BCUT2D eigenvalue weighted by Crippen LogP contribution is 2.32. The van der Waals surface area contributed by atoms with E-state index in [9.17, 15) is 14.4 Å². The Balaban J connectivity index is 1.95. The molecule has 1 unspecified atom stereocenters. The number of nitrogens with one attached hydrogen (secondary N) is 1. The molecule has 2 rings (SSSR count). The second-order valence-corrected chi connectivity index (χ2v) is 4.91. The maximum absolute atomic E-state index is 12.0. The van der Waals surface area contributed by atoms with E-state index in [4.69, 9.17) is 15.6 Å². The number of ether oxygens (including phenoxy) is 1. The zero-order chi connectivity index (χ0) is 15.4. The van der Waals surface area contributed by atoms with Gasteiger partial charge in [0, 0.05) is 5.56 Å². The first-order valence-corrected chi connectivity index (χ1v) is 6.52. The van der Waals surface area contributed by atoms with Gasteiger partial charge in [0.05, 0.1) is 0 Å². The molecule has 112 valence electrons. The molecule has 1 saturated carbocycles. The van der Waals surface area contributed by atoms with E-state index in [1.165, 1.54) is 24.3 Å². The third-order valence-electron chi connectivity index (χ3n) is 3.14. The smallest absolute Gasteiger partial charge is 0.326 e. The monoisotopic (exact) mass is 292 g/mol. The molecule has 1 atom stereocenters. The van der Waals surface area contributed by atoms with Gasteiger partial charge in [0.15, 0.2) is 6.61 Å². The fraction of sp³-hybridized carbons (Fsp3) is 0.357. The predicted octanol–water partition coefficient (Wildman–Crippen LogP) is 0.144. The van der Waals surface area contributed by atoms with Crippen molar-refractivity contribution in [2.45, 2.75) is 18.9 Å². The van der Waals surface area contributed by atoms with E-state index in [1.54, 1.807) is 0 Å². The van der Waals surface area contributed by atoms with Crippen LogP contribution in [0.25, 0.3) is 0 Å². The van der Waals surface area contributed by atoms with E-state index in [0.717, 1.165) is 12.8 Å². The van der Waals surface area contributed by atoms with Gasteiger partial charge >= 0.3 is 5.97 Å². The lowest BCUT2D eigenvalue weighted by Gasteiger charge is -2.13. The first-order valence-electron chi connectivity index (χ1n) is 6.52. The zero-order valence-electron chi connectivity index (χ0n) is 11.2. The fourth-order valence-corrected chi connectivity index (χ4v) is 1.89. The molecule has 2 amide bonds. The van der Waals surface area contributed by atoms with Gasteiger partial charge in [-0.15, -0.1) is 0 Å². The van der Waals surface area contributed by atoms with Crippen molar-refractivity contribution in [2.75, 3.05) is 6.61 Å². The SMILES string of the molecule is NC(=O)COc1ccc(C(=O)NC(C(=O)O)C2CC2)cc1. The number of primary amides is 1. The molecular weight excluding hydrogens is 276 g/mol. The summed E-state index contributed by atoms with van der Waals surface area (Å²) in [5, 5.41) is 11.6. The van der Waals surface area contributed by atoms with Crippen LogP contribution >= 0.6 is 0 Å². The number of amides is 2. The lowest BCUT2D eigenvalue weighted by molar-refractivity contribution is -0.139. The lowest BCUT2D eigenvalue weighted by Crippen LogP contribution is -2.42. The van der Waals surface area contributed by atoms with Crippen molar-refractivity contribution < 1.29 is 24.2 Å². The topological polar surface area (TPSA) is 119 Å². The predicted molar refractivity (Wildman–Crippen MR) is 72.7 cm³/mol. The number of hydrogen-bond donors (Lipinski definition) is 3. The average Bonchev–Trinajstić information content (AvgIpc) is 3.27. The molecule has 21 heavy (non-hydrogen) atoms. The summed E-state index contributed by atoms with van der Waals surface area (Å²) < 4.78 is 5.07. The molecule has 1 aromatic rings. The summed E-state index contributed by atoms with van der Waals surface area (Å²) in [6.45, 7) is -0.242. The van der Waals surface area contributed by atoms with Gasteiger partial charge in [0.2, 0.25) is 0 Å². The van der Waals surface area contributed by atoms with Crippen LogP contribution in [-0.4, -0.2) is 35.5 Å². The minimum Gasteiger partial charge on any atom is -0.484 e. The Bertz CT molecular complexity index is 551. The van der Waals surface area contributed by atoms with Crippen molar-refractivity contribution in [3.63, 3.8) is 0 Å². The highest BCUT2D eigenvalue weighted by molar-refractivity contribution is 5.96. The molecule has 1 fully saturated rings. The fourth-order valence-electron chi connectivity index (χ4n) is 1.89. The number of carbonyl (C=O) groups excluding carboxylic acids is 2. The van der Waals surface area contributed by atoms with Crippen LogP contribution < -0.4 is 15.8 Å². The molecule has 7 heteroatoms. The number of benzene rings is 1. The second-order valence-electron chi connectivity index (χ2n) is 4.91. The third kappa shape index (κ3) is 4.20. The van der Waals surface area contributed by atoms with Crippen LogP contribution in [0.4, 0.5) is 0 Å². The Hall–Kier alpha value is -2.57. The minimum absolute atomic E-state index is 0.0182. The minimum atomic E-state index is -1.02. The molecule has 0 radical (unpaired) electrons. The zero-order valence-corrected chi connectivity index (χ0v) is 11.2. The molecule has 0 heterocycles. The van der Waals surface area contributed by atoms with Gasteiger partial charge in [-0.1, -0.05) is 0 Å². The first-order chi connectivity index (χ1) is 9.97. The van der Waals surface area contributed by atoms with Gasteiger partial charge in [0.25, 0.3) is 11.8 Å². The van der Waals surface area contributed by atoms with Crippen LogP contribution in [0.3, 0.4) is 0 Å².